The summed E-state index contributed by atoms with van der Waals surface area (Å²) in [6.07, 6.45) is 10.5. The van der Waals surface area contributed by atoms with E-state index in [2.05, 4.69) is 181 Å². The van der Waals surface area contributed by atoms with Crippen LogP contribution >= 0.6 is 7.92 Å². The summed E-state index contributed by atoms with van der Waals surface area (Å²) in [6.45, 7) is 4.09. The van der Waals surface area contributed by atoms with Crippen molar-refractivity contribution < 1.29 is 40.7 Å². The normalized spacial score (nSPS) is 15.4. The van der Waals surface area contributed by atoms with Gasteiger partial charge in [0, 0.05) is 19.5 Å². The molecule has 1 aliphatic rings. The summed E-state index contributed by atoms with van der Waals surface area (Å²) in [4.78, 5) is 0. The predicted molar refractivity (Wildman–Crippen MR) is 216 cm³/mol. The van der Waals surface area contributed by atoms with Crippen molar-refractivity contribution >= 4 is 56.2 Å². The van der Waals surface area contributed by atoms with Crippen LogP contribution in [0.25, 0.3) is 43.4 Å². The van der Waals surface area contributed by atoms with Gasteiger partial charge in [0.2, 0.25) is 0 Å². The molecule has 257 valence electrons. The van der Waals surface area contributed by atoms with Crippen LogP contribution in [-0.2, 0) is 19.5 Å². The first kappa shape index (κ1) is 39.4. The molecule has 0 spiro atoms. The molecule has 1 unspecified atom stereocenters. The van der Waals surface area contributed by atoms with Crippen LogP contribution in [0.15, 0.2) is 168 Å². The monoisotopic (exact) mass is 868 g/mol. The van der Waals surface area contributed by atoms with Gasteiger partial charge in [-0.1, -0.05) is 161 Å². The van der Waals surface area contributed by atoms with Crippen molar-refractivity contribution in [2.24, 2.45) is 0 Å². The third kappa shape index (κ3) is 8.89. The number of allylic oxidation sites excluding steroid dienone is 3. The van der Waals surface area contributed by atoms with Gasteiger partial charge in [0.15, 0.2) is 0 Å². The molecule has 0 N–H and O–H groups in total. The Bertz CT molecular complexity index is 2120. The fraction of sp³-hybridized carbons (Fsp3) is 0.0851. The second kappa shape index (κ2) is 19.3. The van der Waals surface area contributed by atoms with Crippen LogP contribution in [0.2, 0.25) is 0 Å². The fourth-order valence-corrected chi connectivity index (χ4v) is 10.6. The predicted octanol–water partition coefficient (Wildman–Crippen LogP) is 8.80. The van der Waals surface area contributed by atoms with Crippen molar-refractivity contribution in [3.05, 3.63) is 196 Å². The smallest absolute Gasteiger partial charge is 0 e. The maximum Gasteiger partial charge on any atom is 0 e. The van der Waals surface area contributed by atoms with Gasteiger partial charge in [0.1, 0.15) is 0 Å². The summed E-state index contributed by atoms with van der Waals surface area (Å²) in [5.41, 5.74) is 2.47. The minimum absolute atomic E-state index is 0. The molecule has 0 aromatic heterocycles. The van der Waals surface area contributed by atoms with Crippen molar-refractivity contribution in [1.29, 1.82) is 0 Å². The van der Waals surface area contributed by atoms with Gasteiger partial charge >= 0.3 is 73.6 Å². The van der Waals surface area contributed by atoms with E-state index >= 15 is 0 Å². The Morgan fingerprint density at radius 1 is 0.560 bits per heavy atom. The molecule has 7 aromatic rings. The average Bonchev–Trinajstić information content (AvgIpc) is 3.26. The van der Waals surface area contributed by atoms with E-state index in [4.69, 9.17) is 0 Å². The molecule has 0 fully saturated rings. The van der Waals surface area contributed by atoms with E-state index in [0.717, 1.165) is 5.39 Å². The van der Waals surface area contributed by atoms with Gasteiger partial charge in [-0.15, -0.1) is 23.1 Å². The Balaban J connectivity index is 0.000000377. The van der Waals surface area contributed by atoms with Crippen LogP contribution in [0.1, 0.15) is 19.3 Å². The van der Waals surface area contributed by atoms with Crippen molar-refractivity contribution in [2.75, 3.05) is 0 Å². The minimum atomic E-state index is -0.782. The fourth-order valence-electron chi connectivity index (χ4n) is 6.28. The summed E-state index contributed by atoms with van der Waals surface area (Å²) in [7, 11) is -0.782. The maximum absolute atomic E-state index is 4.09. The molecule has 1 aliphatic heterocycles. The summed E-state index contributed by atoms with van der Waals surface area (Å²) >= 11 is 0.246. The van der Waals surface area contributed by atoms with E-state index in [9.17, 15) is 0 Å². The Labute approximate surface area is 324 Å². The van der Waals surface area contributed by atoms with Gasteiger partial charge < -0.3 is 14.9 Å². The Morgan fingerprint density at radius 2 is 1.12 bits per heavy atom. The van der Waals surface area contributed by atoms with Gasteiger partial charge in [-0.2, -0.15) is 0 Å². The zero-order chi connectivity index (χ0) is 31.8. The molecule has 7 aromatic carbocycles. The van der Waals surface area contributed by atoms with Crippen molar-refractivity contribution in [2.45, 2.75) is 23.2 Å². The van der Waals surface area contributed by atoms with Crippen molar-refractivity contribution in [3.8, 4) is 11.1 Å². The molecule has 1 radical (unpaired) electrons. The van der Waals surface area contributed by atoms with Crippen LogP contribution in [-0.4, -0.2) is 3.92 Å². The largest absolute Gasteiger partial charge is 0.358 e. The third-order valence-electron chi connectivity index (χ3n) is 8.50. The van der Waals surface area contributed by atoms with Gasteiger partial charge in [-0.05, 0) is 34.6 Å². The Hall–Kier alpha value is -3.42. The van der Waals surface area contributed by atoms with Crippen molar-refractivity contribution in [3.63, 3.8) is 0 Å². The molecule has 50 heavy (non-hydrogen) atoms. The molecular weight excluding hydrogens is 825 g/mol. The number of halogens is 1. The Morgan fingerprint density at radius 3 is 1.82 bits per heavy atom. The van der Waals surface area contributed by atoms with E-state index in [-0.39, 0.29) is 55.5 Å². The summed E-state index contributed by atoms with van der Waals surface area (Å²) in [5.74, 6) is 0. The minimum Gasteiger partial charge on any atom is -0.358 e. The number of fused-ring (bicyclic) bond motifs is 4. The second-order valence-electron chi connectivity index (χ2n) is 11.6. The standard InChI is InChI=1S/C36H24P.C9H13I.2CH3.Rh/c1-3-15-28(16-4-1)37(29-17-5-2-6-18-29)35-24-23-26-13-7-10-20-31(26)36(35)34-25-27-14-8-9-19-30(27)32-21-11-12-22-33(32)34;1-9-7-5-3-2-4-6-8-10-9;;;/h1-24H;3,5-6,8-9H,1-2,4,7H2;2*1H3;/q-1;-2;2*-1;/b;5-3-,8-6-;;;. The molecule has 0 saturated heterocycles. The zero-order valence-electron chi connectivity index (χ0n) is 28.7. The molecule has 0 saturated carbocycles. The Kier molecular flexibility index (Phi) is 15.2. The zero-order valence-corrected chi connectivity index (χ0v) is 33.4. The molecule has 0 bridgehead atoms. The maximum atomic E-state index is 4.09. The van der Waals surface area contributed by atoms with Gasteiger partial charge in [-0.25, -0.2) is 0 Å². The third-order valence-corrected chi connectivity index (χ3v) is 13.4. The average molecular weight is 869 g/mol. The number of hydrogen-bond donors (Lipinski definition) is 0. The summed E-state index contributed by atoms with van der Waals surface area (Å²) < 4.78 is 3.06. The molecule has 1 heterocycles. The molecular formula is C47H43IPRh-5. The quantitative estimate of drug-likeness (QED) is 0.0316. The van der Waals surface area contributed by atoms with E-state index in [0.29, 0.717) is 3.92 Å². The van der Waals surface area contributed by atoms with Crippen LogP contribution < -0.4 is 37.1 Å². The summed E-state index contributed by atoms with van der Waals surface area (Å²) in [6, 6.07) is 56.7. The van der Waals surface area contributed by atoms with Crippen LogP contribution in [0, 0.1) is 27.8 Å². The number of benzene rings is 7. The molecule has 0 aliphatic carbocycles. The van der Waals surface area contributed by atoms with Crippen molar-refractivity contribution in [1.82, 2.24) is 0 Å². The van der Waals surface area contributed by atoms with E-state index in [1.165, 1.54) is 73.2 Å². The van der Waals surface area contributed by atoms with Crippen LogP contribution in [0.3, 0.4) is 0 Å². The second-order valence-corrected chi connectivity index (χ2v) is 17.0. The van der Waals surface area contributed by atoms with Crippen LogP contribution in [0.5, 0.6) is 0 Å². The first-order valence-electron chi connectivity index (χ1n) is 16.3. The number of hydrogen-bond acceptors (Lipinski definition) is 0. The molecule has 0 amide bonds. The van der Waals surface area contributed by atoms with E-state index < -0.39 is 7.92 Å². The number of alkyl halides is 1. The molecule has 1 atom stereocenters. The first-order chi connectivity index (χ1) is 23.3. The van der Waals surface area contributed by atoms with Crippen LogP contribution in [0.4, 0.5) is 0 Å². The molecule has 3 heteroatoms. The SMILES string of the molecule is [CH2-]C1C/C=C\CC/C=C\[I-]1.[CH3-].[CH3-].[Rh].[c-]1c(-c2c(P(c3ccccc3)c3ccccc3)ccc3ccccc23)c2ccccc2c2ccccc12. The molecule has 0 nitrogen and oxygen atoms in total. The molecule has 8 rings (SSSR count). The van der Waals surface area contributed by atoms with Gasteiger partial charge in [0.05, 0.1) is 0 Å². The topological polar surface area (TPSA) is 0 Å². The van der Waals surface area contributed by atoms with E-state index in [1.807, 2.05) is 0 Å². The first-order valence-corrected chi connectivity index (χ1v) is 20.1. The van der Waals surface area contributed by atoms with E-state index in [1.54, 1.807) is 0 Å². The van der Waals surface area contributed by atoms with Gasteiger partial charge in [0.25, 0.3) is 0 Å². The number of rotatable bonds is 4. The summed E-state index contributed by atoms with van der Waals surface area (Å²) in [5, 5.41) is 11.5. The van der Waals surface area contributed by atoms with Gasteiger partial charge in [-0.3, -0.25) is 0 Å².